The number of hydrogen-bond donors (Lipinski definition) is 0. The number of benzene rings is 2. The van der Waals surface area contributed by atoms with Gasteiger partial charge in [-0.05, 0) is 65.8 Å². The lowest BCUT2D eigenvalue weighted by Crippen LogP contribution is -2.07. The lowest BCUT2D eigenvalue weighted by molar-refractivity contribution is 0.577. The van der Waals surface area contributed by atoms with Gasteiger partial charge in [0.05, 0.1) is 11.8 Å². The van der Waals surface area contributed by atoms with Crippen LogP contribution in [-0.2, 0) is 12.8 Å². The Bertz CT molecular complexity index is 1020. The number of aromatic nitrogens is 1. The van der Waals surface area contributed by atoms with Crippen LogP contribution in [0, 0.1) is 0 Å². The van der Waals surface area contributed by atoms with Crippen LogP contribution in [-0.4, -0.2) is 4.98 Å². The quantitative estimate of drug-likeness (QED) is 0.402. The van der Waals surface area contributed by atoms with Gasteiger partial charge in [0.15, 0.2) is 5.76 Å². The molecule has 1 aliphatic carbocycles. The molecule has 4 aromatic rings. The van der Waals surface area contributed by atoms with Gasteiger partial charge in [0.25, 0.3) is 0 Å². The van der Waals surface area contributed by atoms with E-state index in [4.69, 9.17) is 9.40 Å². The predicted octanol–water partition coefficient (Wildman–Crippen LogP) is 5.95. The van der Waals surface area contributed by atoms with Crippen molar-refractivity contribution in [2.45, 2.75) is 25.7 Å². The summed E-state index contributed by atoms with van der Waals surface area (Å²) >= 11 is 0. The Hall–Kier alpha value is -2.32. The summed E-state index contributed by atoms with van der Waals surface area (Å²) in [7, 11) is 0. The van der Waals surface area contributed by atoms with Gasteiger partial charge >= 0.3 is 0 Å². The van der Waals surface area contributed by atoms with Crippen molar-refractivity contribution in [2.75, 3.05) is 0 Å². The van der Waals surface area contributed by atoms with Gasteiger partial charge in [-0.15, -0.1) is 12.4 Å². The Morgan fingerprint density at radius 2 is 1.67 bits per heavy atom. The van der Waals surface area contributed by atoms with E-state index < -0.39 is 0 Å². The molecule has 3 heteroatoms. The number of furan rings is 1. The Balaban J connectivity index is 0.00000146. The molecule has 0 amide bonds. The topological polar surface area (TPSA) is 26.0 Å². The Labute approximate surface area is 146 Å². The molecule has 0 aliphatic heterocycles. The number of nitrogens with zero attached hydrogens (tertiary/aromatic N) is 1. The van der Waals surface area contributed by atoms with Gasteiger partial charge in [0, 0.05) is 5.39 Å². The summed E-state index contributed by atoms with van der Waals surface area (Å²) in [5.41, 5.74) is 4.97. The Kier molecular flexibility index (Phi) is 3.78. The largest absolute Gasteiger partial charge is 0.463 e. The summed E-state index contributed by atoms with van der Waals surface area (Å²) in [4.78, 5) is 4.99. The average molecular weight is 336 g/mol. The van der Waals surface area contributed by atoms with Crippen LogP contribution in [0.3, 0.4) is 0 Å². The number of fused-ring (bicyclic) bond motifs is 5. The minimum Gasteiger partial charge on any atom is -0.463 e. The third-order valence-corrected chi connectivity index (χ3v) is 4.95. The molecule has 120 valence electrons. The maximum atomic E-state index is 5.66. The molecule has 2 aromatic heterocycles. The third kappa shape index (κ3) is 2.22. The second kappa shape index (κ2) is 5.95. The number of hydrogen-bond acceptors (Lipinski definition) is 2. The zero-order valence-corrected chi connectivity index (χ0v) is 14.1. The molecule has 0 saturated carbocycles. The summed E-state index contributed by atoms with van der Waals surface area (Å²) < 4.78 is 5.66. The van der Waals surface area contributed by atoms with Crippen LogP contribution in [0.15, 0.2) is 59.2 Å². The van der Waals surface area contributed by atoms with E-state index in [2.05, 4.69) is 36.4 Å². The molecule has 0 radical (unpaired) electrons. The van der Waals surface area contributed by atoms with Gasteiger partial charge < -0.3 is 4.42 Å². The van der Waals surface area contributed by atoms with Crippen molar-refractivity contribution in [2.24, 2.45) is 0 Å². The molecule has 0 N–H and O–H groups in total. The second-order valence-electron chi connectivity index (χ2n) is 6.28. The number of aryl methyl sites for hydroxylation is 1. The molecule has 2 heterocycles. The van der Waals surface area contributed by atoms with Crippen molar-refractivity contribution in [3.8, 4) is 11.5 Å². The summed E-state index contributed by atoms with van der Waals surface area (Å²) in [6, 6.07) is 16.9. The first kappa shape index (κ1) is 15.2. The summed E-state index contributed by atoms with van der Waals surface area (Å²) in [5.74, 6) is 0.887. The Morgan fingerprint density at radius 1 is 0.833 bits per heavy atom. The van der Waals surface area contributed by atoms with Crippen molar-refractivity contribution in [3.63, 3.8) is 0 Å². The molecule has 5 rings (SSSR count). The van der Waals surface area contributed by atoms with E-state index in [1.165, 1.54) is 40.1 Å². The smallest absolute Gasteiger partial charge is 0.152 e. The molecular formula is C21H18ClNO. The van der Waals surface area contributed by atoms with Crippen LogP contribution >= 0.6 is 12.4 Å². The Morgan fingerprint density at radius 3 is 2.50 bits per heavy atom. The van der Waals surface area contributed by atoms with Gasteiger partial charge in [-0.25, -0.2) is 4.98 Å². The van der Waals surface area contributed by atoms with Crippen LogP contribution in [0.2, 0.25) is 0 Å². The summed E-state index contributed by atoms with van der Waals surface area (Å²) in [5, 5.41) is 3.95. The first-order valence-corrected chi connectivity index (χ1v) is 8.29. The van der Waals surface area contributed by atoms with Crippen LogP contribution in [0.25, 0.3) is 33.1 Å². The monoisotopic (exact) mass is 335 g/mol. The van der Waals surface area contributed by atoms with Gasteiger partial charge in [-0.3, -0.25) is 0 Å². The lowest BCUT2D eigenvalue weighted by atomic mass is 9.86. The highest BCUT2D eigenvalue weighted by Gasteiger charge is 2.21. The van der Waals surface area contributed by atoms with Crippen LogP contribution in [0.1, 0.15) is 24.0 Å². The van der Waals surface area contributed by atoms with E-state index in [0.717, 1.165) is 29.8 Å². The van der Waals surface area contributed by atoms with Gasteiger partial charge in [0.2, 0.25) is 0 Å². The standard InChI is InChI=1S/C21H17NO.ClH/c1-2-7-15-14(6-1)11-12-18-20(15)16-8-3-4-9-17(16)21(22-18)19-10-5-13-23-19;/h1-2,5-7,10-13H,3-4,8-9H2;1H. The highest BCUT2D eigenvalue weighted by atomic mass is 35.5. The van der Waals surface area contributed by atoms with E-state index in [9.17, 15) is 0 Å². The first-order valence-electron chi connectivity index (χ1n) is 8.29. The minimum absolute atomic E-state index is 0. The molecule has 0 bridgehead atoms. The fourth-order valence-corrected chi connectivity index (χ4v) is 3.92. The highest BCUT2D eigenvalue weighted by Crippen LogP contribution is 2.38. The highest BCUT2D eigenvalue weighted by molar-refractivity contribution is 6.09. The van der Waals surface area contributed by atoms with Gasteiger partial charge in [-0.2, -0.15) is 0 Å². The molecule has 0 fully saturated rings. The molecule has 2 nitrogen and oxygen atoms in total. The van der Waals surface area contributed by atoms with Crippen LogP contribution in [0.5, 0.6) is 0 Å². The molecule has 0 unspecified atom stereocenters. The van der Waals surface area contributed by atoms with E-state index in [0.29, 0.717) is 0 Å². The number of halogens is 1. The lowest BCUT2D eigenvalue weighted by Gasteiger charge is -2.21. The predicted molar refractivity (Wildman–Crippen MR) is 101 cm³/mol. The van der Waals surface area contributed by atoms with Crippen molar-refractivity contribution in [1.82, 2.24) is 4.98 Å². The molecule has 24 heavy (non-hydrogen) atoms. The number of rotatable bonds is 1. The van der Waals surface area contributed by atoms with E-state index in [1.54, 1.807) is 6.26 Å². The summed E-state index contributed by atoms with van der Waals surface area (Å²) in [6.45, 7) is 0. The molecule has 1 aliphatic rings. The van der Waals surface area contributed by atoms with Gasteiger partial charge in [0.1, 0.15) is 5.69 Å². The minimum atomic E-state index is 0. The molecular weight excluding hydrogens is 318 g/mol. The van der Waals surface area contributed by atoms with Crippen LogP contribution in [0.4, 0.5) is 0 Å². The van der Waals surface area contributed by atoms with Crippen molar-refractivity contribution in [3.05, 3.63) is 65.9 Å². The van der Waals surface area contributed by atoms with Crippen molar-refractivity contribution < 1.29 is 4.42 Å². The third-order valence-electron chi connectivity index (χ3n) is 4.95. The first-order chi connectivity index (χ1) is 11.4. The van der Waals surface area contributed by atoms with E-state index >= 15 is 0 Å². The molecule has 0 atom stereocenters. The number of pyridine rings is 1. The van der Waals surface area contributed by atoms with Crippen LogP contribution < -0.4 is 0 Å². The van der Waals surface area contributed by atoms with E-state index in [-0.39, 0.29) is 12.4 Å². The zero-order valence-electron chi connectivity index (χ0n) is 13.3. The SMILES string of the molecule is Cl.c1coc(-c2nc3ccc4ccccc4c3c3c2CCCC3)c1. The fraction of sp³-hybridized carbons (Fsp3) is 0.190. The molecule has 2 aromatic carbocycles. The van der Waals surface area contributed by atoms with Crippen molar-refractivity contribution >= 4 is 34.1 Å². The van der Waals surface area contributed by atoms with Crippen molar-refractivity contribution in [1.29, 1.82) is 0 Å². The summed E-state index contributed by atoms with van der Waals surface area (Å²) in [6.07, 6.45) is 6.45. The average Bonchev–Trinajstić information content (AvgIpc) is 3.15. The molecule has 0 spiro atoms. The normalized spacial score (nSPS) is 13.7. The second-order valence-corrected chi connectivity index (χ2v) is 6.28. The zero-order chi connectivity index (χ0) is 15.2. The fourth-order valence-electron chi connectivity index (χ4n) is 3.92. The van der Waals surface area contributed by atoms with E-state index in [1.807, 2.05) is 12.1 Å². The maximum absolute atomic E-state index is 5.66. The van der Waals surface area contributed by atoms with Gasteiger partial charge in [-0.1, -0.05) is 30.3 Å². The maximum Gasteiger partial charge on any atom is 0.152 e. The molecule has 0 saturated heterocycles.